The summed E-state index contributed by atoms with van der Waals surface area (Å²) in [6.45, 7) is 0. The van der Waals surface area contributed by atoms with E-state index in [1.165, 1.54) is 0 Å². The molecule has 0 aliphatic heterocycles. The molecule has 0 spiro atoms. The van der Waals surface area contributed by atoms with Gasteiger partial charge in [-0.15, -0.1) is 0 Å². The molecule has 0 radical (unpaired) electrons. The van der Waals surface area contributed by atoms with Crippen LogP contribution in [0, 0.1) is 0 Å². The first-order valence-electron chi connectivity index (χ1n) is 0.816. The van der Waals surface area contributed by atoms with Gasteiger partial charge in [0.05, 0.1) is 0 Å². The fourth-order valence-corrected chi connectivity index (χ4v) is 0. The van der Waals surface area contributed by atoms with Crippen LogP contribution in [0.5, 0.6) is 0 Å². The minimum atomic E-state index is -6.00. The maximum absolute atomic E-state index is 8.62. The van der Waals surface area contributed by atoms with Crippen molar-refractivity contribution in [3.8, 4) is 0 Å². The molecule has 0 bridgehead atoms. The fourth-order valence-electron chi connectivity index (χ4n) is 0. The van der Waals surface area contributed by atoms with E-state index in [1.54, 1.807) is 0 Å². The van der Waals surface area contributed by atoms with Gasteiger partial charge in [-0.2, -0.15) is 0 Å². The molecule has 0 aromatic heterocycles. The van der Waals surface area contributed by atoms with Gasteiger partial charge in [0.2, 0.25) is 0 Å². The third-order valence-corrected chi connectivity index (χ3v) is 0. The van der Waals surface area contributed by atoms with Crippen LogP contribution in [0.3, 0.4) is 0 Å². The second-order valence-electron chi connectivity index (χ2n) is 0.500. The molecule has 0 unspecified atom stereocenters. The van der Waals surface area contributed by atoms with Gasteiger partial charge in [-0.05, 0) is 0 Å². The maximum atomic E-state index is 8.62. The SMILES string of the molecule is [K+].[Li+].[Mg+2].[O-][Ti]([O-])([O-])[O-]. The van der Waals surface area contributed by atoms with Gasteiger partial charge >= 0.3 is 126 Å². The third-order valence-electron chi connectivity index (χ3n) is 0. The van der Waals surface area contributed by atoms with Crippen molar-refractivity contribution in [3.63, 3.8) is 0 Å². The van der Waals surface area contributed by atoms with Crippen LogP contribution < -0.4 is 85.0 Å². The Bertz CT molecular complexity index is 31.5. The molecule has 0 heterocycles. The van der Waals surface area contributed by atoms with Crippen LogP contribution in [-0.4, -0.2) is 23.1 Å². The van der Waals surface area contributed by atoms with Gasteiger partial charge in [-0.25, -0.2) is 0 Å². The standard InChI is InChI=1S/K.Li.Mg.4O.Ti/q2*+1;+2;4*-1;. The first-order chi connectivity index (χ1) is 2.00. The molecule has 0 N–H and O–H groups in total. The molecule has 4 nitrogen and oxygen atoms in total. The molecule has 0 aliphatic rings. The second kappa shape index (κ2) is 10.6. The molecule has 0 saturated carbocycles. The van der Waals surface area contributed by atoms with Crippen LogP contribution in [0.2, 0.25) is 0 Å². The molecular weight excluding hydrogens is 182 g/mol. The van der Waals surface area contributed by atoms with E-state index in [0.717, 1.165) is 0 Å². The second-order valence-corrected chi connectivity index (χ2v) is 2.06. The van der Waals surface area contributed by atoms with Gasteiger partial charge < -0.3 is 0 Å². The summed E-state index contributed by atoms with van der Waals surface area (Å²) in [6.07, 6.45) is 0. The summed E-state index contributed by atoms with van der Waals surface area (Å²) in [6, 6.07) is 0. The zero-order chi connectivity index (χ0) is 4.50. The zero-order valence-electron chi connectivity index (χ0n) is 4.84. The molecular formula is KLiMgO4Ti. The van der Waals surface area contributed by atoms with E-state index in [-0.39, 0.29) is 93.3 Å². The molecule has 0 aromatic rings. The first kappa shape index (κ1) is 22.6. The summed E-state index contributed by atoms with van der Waals surface area (Å²) in [5.41, 5.74) is 0. The summed E-state index contributed by atoms with van der Waals surface area (Å²) in [5.74, 6) is 0. The van der Waals surface area contributed by atoms with E-state index in [1.807, 2.05) is 0 Å². The van der Waals surface area contributed by atoms with Gasteiger partial charge in [0, 0.05) is 0 Å². The summed E-state index contributed by atoms with van der Waals surface area (Å²) in [7, 11) is 0. The normalized spacial score (nSPS) is 7.50. The van der Waals surface area contributed by atoms with Crippen LogP contribution in [0.15, 0.2) is 0 Å². The summed E-state index contributed by atoms with van der Waals surface area (Å²) >= 11 is -6.00. The van der Waals surface area contributed by atoms with Gasteiger partial charge in [0.25, 0.3) is 0 Å². The topological polar surface area (TPSA) is 92.2 Å². The molecule has 0 fully saturated rings. The third kappa shape index (κ3) is 55.3. The Morgan fingerprint density at radius 3 is 0.875 bits per heavy atom. The molecule has 32 valence electrons. The Kier molecular flexibility index (Phi) is 29.8. The monoisotopic (exact) mass is 182 g/mol. The van der Waals surface area contributed by atoms with Crippen LogP contribution in [-0.2, 0) is 18.1 Å². The quantitative estimate of drug-likeness (QED) is 0.348. The van der Waals surface area contributed by atoms with Crippen LogP contribution in [0.4, 0.5) is 0 Å². The van der Waals surface area contributed by atoms with Crippen molar-refractivity contribution >= 4 is 23.1 Å². The van der Waals surface area contributed by atoms with E-state index >= 15 is 0 Å². The van der Waals surface area contributed by atoms with Crippen molar-refractivity contribution in [1.82, 2.24) is 0 Å². The average Bonchev–Trinajstić information content (AvgIpc) is 0.722. The van der Waals surface area contributed by atoms with E-state index in [2.05, 4.69) is 0 Å². The Morgan fingerprint density at radius 1 is 0.875 bits per heavy atom. The van der Waals surface area contributed by atoms with Crippen LogP contribution in [0.1, 0.15) is 0 Å². The molecule has 8 heteroatoms. The van der Waals surface area contributed by atoms with Gasteiger partial charge in [-0.1, -0.05) is 0 Å². The average molecular weight is 182 g/mol. The van der Waals surface area contributed by atoms with Gasteiger partial charge in [-0.3, -0.25) is 0 Å². The summed E-state index contributed by atoms with van der Waals surface area (Å²) in [4.78, 5) is 0. The van der Waals surface area contributed by atoms with Crippen molar-refractivity contribution in [2.75, 3.05) is 0 Å². The minimum absolute atomic E-state index is 0. The Balaban J connectivity index is -0.0000000267. The van der Waals surface area contributed by atoms with Crippen molar-refractivity contribution in [1.29, 1.82) is 0 Å². The predicted octanol–water partition coefficient (Wildman–Crippen LogP) is -11.1. The summed E-state index contributed by atoms with van der Waals surface area (Å²) in [5, 5.41) is 0. The van der Waals surface area contributed by atoms with E-state index in [9.17, 15) is 0 Å². The number of hydrogen-bond donors (Lipinski definition) is 0. The molecule has 0 atom stereocenters. The van der Waals surface area contributed by atoms with Gasteiger partial charge in [0.15, 0.2) is 0 Å². The van der Waals surface area contributed by atoms with Crippen LogP contribution >= 0.6 is 0 Å². The van der Waals surface area contributed by atoms with Gasteiger partial charge in [0.1, 0.15) is 0 Å². The Morgan fingerprint density at radius 2 is 0.875 bits per heavy atom. The molecule has 0 saturated heterocycles. The van der Waals surface area contributed by atoms with Crippen molar-refractivity contribution in [3.05, 3.63) is 0 Å². The van der Waals surface area contributed by atoms with E-state index < -0.39 is 18.1 Å². The molecule has 0 aliphatic carbocycles. The number of hydrogen-bond acceptors (Lipinski definition) is 4. The van der Waals surface area contributed by atoms with Crippen molar-refractivity contribution in [2.24, 2.45) is 0 Å². The summed E-state index contributed by atoms with van der Waals surface area (Å²) < 4.78 is 34.5. The Hall–Kier alpha value is 3.55. The fraction of sp³-hybridized carbons (Fsp3) is 0. The van der Waals surface area contributed by atoms with Crippen molar-refractivity contribution < 1.29 is 103 Å². The first-order valence-corrected chi connectivity index (χ1v) is 3.37. The number of rotatable bonds is 0. The molecule has 0 aromatic carbocycles. The molecule has 8 heavy (non-hydrogen) atoms. The van der Waals surface area contributed by atoms with Crippen LogP contribution in [0.25, 0.3) is 0 Å². The zero-order valence-corrected chi connectivity index (χ0v) is 10.9. The molecule has 0 rings (SSSR count). The molecule has 0 amide bonds. The van der Waals surface area contributed by atoms with Crippen molar-refractivity contribution in [2.45, 2.75) is 0 Å². The van der Waals surface area contributed by atoms with E-state index in [4.69, 9.17) is 14.8 Å². The predicted molar refractivity (Wildman–Crippen MR) is 5.75 cm³/mol. The van der Waals surface area contributed by atoms with E-state index in [0.29, 0.717) is 0 Å². The Labute approximate surface area is 123 Å².